The van der Waals surface area contributed by atoms with Crippen molar-refractivity contribution < 1.29 is 19.5 Å². The van der Waals surface area contributed by atoms with Gasteiger partial charge in [-0.2, -0.15) is 0 Å². The Labute approximate surface area is 117 Å². The van der Waals surface area contributed by atoms with E-state index in [0.29, 0.717) is 0 Å². The van der Waals surface area contributed by atoms with E-state index in [-0.39, 0.29) is 30.5 Å². The number of carboxylic acids is 1. The van der Waals surface area contributed by atoms with Crippen molar-refractivity contribution in [2.45, 2.75) is 57.2 Å². The molecule has 20 heavy (non-hydrogen) atoms. The first-order chi connectivity index (χ1) is 9.38. The number of hydrogen-bond donors (Lipinski definition) is 3. The molecule has 0 aromatic heterocycles. The second-order valence-electron chi connectivity index (χ2n) is 5.80. The monoisotopic (exact) mass is 283 g/mol. The molecule has 0 saturated carbocycles. The first-order valence-corrected chi connectivity index (χ1v) is 6.98. The van der Waals surface area contributed by atoms with Crippen LogP contribution in [0.4, 0.5) is 4.79 Å². The quantitative estimate of drug-likeness (QED) is 0.688. The predicted octanol–water partition coefficient (Wildman–Crippen LogP) is 0.288. The number of rotatable bonds is 4. The Bertz CT molecular complexity index is 412. The summed E-state index contributed by atoms with van der Waals surface area (Å²) >= 11 is 0. The zero-order chi connectivity index (χ0) is 14.9. The molecular formula is C13H21N3O4. The molecular weight excluding hydrogens is 262 g/mol. The largest absolute Gasteiger partial charge is 0.481 e. The van der Waals surface area contributed by atoms with Gasteiger partial charge in [-0.1, -0.05) is 0 Å². The van der Waals surface area contributed by atoms with Crippen molar-refractivity contribution in [3.63, 3.8) is 0 Å². The highest BCUT2D eigenvalue weighted by atomic mass is 16.4. The Kier molecular flexibility index (Phi) is 4.15. The van der Waals surface area contributed by atoms with Gasteiger partial charge in [0.1, 0.15) is 6.04 Å². The number of nitrogens with zero attached hydrogens (tertiary/aromatic N) is 1. The Morgan fingerprint density at radius 2 is 1.85 bits per heavy atom. The lowest BCUT2D eigenvalue weighted by molar-refractivity contribution is -0.138. The van der Waals surface area contributed by atoms with Gasteiger partial charge in [0.25, 0.3) is 0 Å². The fraction of sp³-hybridized carbons (Fsp3) is 0.769. The number of fused-ring (bicyclic) bond motifs is 2. The van der Waals surface area contributed by atoms with Crippen LogP contribution in [0.2, 0.25) is 0 Å². The summed E-state index contributed by atoms with van der Waals surface area (Å²) in [6.07, 6.45) is 3.42. The maximum absolute atomic E-state index is 12.2. The lowest BCUT2D eigenvalue weighted by Crippen LogP contribution is -2.54. The van der Waals surface area contributed by atoms with Gasteiger partial charge in [-0.05, 0) is 38.5 Å². The molecule has 0 radical (unpaired) electrons. The molecule has 2 bridgehead atoms. The Balaban J connectivity index is 1.96. The van der Waals surface area contributed by atoms with Gasteiger partial charge in [-0.3, -0.25) is 9.59 Å². The minimum Gasteiger partial charge on any atom is -0.481 e. The topological polar surface area (TPSA) is 113 Å². The number of urea groups is 1. The molecule has 7 nitrogen and oxygen atoms in total. The maximum atomic E-state index is 12.2. The molecule has 4 N–H and O–H groups in total. The van der Waals surface area contributed by atoms with Crippen LogP contribution in [-0.4, -0.2) is 46.0 Å². The average molecular weight is 283 g/mol. The number of carbonyl (C=O) groups is 3. The molecule has 3 unspecified atom stereocenters. The number of amides is 3. The standard InChI is InChI=1S/C13H21N3O4/c1-7(12(14)19)15-13(20)16-9-2-3-10(16)5-8(4-9)6-11(17)18/h7-10H,2-6H2,1H3,(H2,14,19)(H,15,20)(H,17,18). The van der Waals surface area contributed by atoms with Gasteiger partial charge in [0, 0.05) is 18.5 Å². The normalized spacial score (nSPS) is 29.9. The van der Waals surface area contributed by atoms with Crippen LogP contribution in [0.5, 0.6) is 0 Å². The molecule has 112 valence electrons. The summed E-state index contributed by atoms with van der Waals surface area (Å²) in [6, 6.07) is -0.799. The summed E-state index contributed by atoms with van der Waals surface area (Å²) in [6.45, 7) is 1.55. The van der Waals surface area contributed by atoms with Crippen molar-refractivity contribution in [2.75, 3.05) is 0 Å². The van der Waals surface area contributed by atoms with Crippen molar-refractivity contribution in [2.24, 2.45) is 11.7 Å². The van der Waals surface area contributed by atoms with E-state index in [4.69, 9.17) is 10.8 Å². The van der Waals surface area contributed by atoms with Crippen LogP contribution in [0.3, 0.4) is 0 Å². The van der Waals surface area contributed by atoms with Crippen LogP contribution in [0, 0.1) is 5.92 Å². The zero-order valence-corrected chi connectivity index (χ0v) is 11.5. The summed E-state index contributed by atoms with van der Waals surface area (Å²) in [5.41, 5.74) is 5.14. The highest BCUT2D eigenvalue weighted by Crippen LogP contribution is 2.39. The molecule has 3 atom stereocenters. The van der Waals surface area contributed by atoms with Crippen molar-refractivity contribution in [3.8, 4) is 0 Å². The van der Waals surface area contributed by atoms with Crippen LogP contribution >= 0.6 is 0 Å². The van der Waals surface area contributed by atoms with Gasteiger partial charge in [0.2, 0.25) is 5.91 Å². The third kappa shape index (κ3) is 3.02. The molecule has 2 fully saturated rings. The Morgan fingerprint density at radius 1 is 1.30 bits per heavy atom. The molecule has 2 saturated heterocycles. The lowest BCUT2D eigenvalue weighted by Gasteiger charge is -2.38. The number of nitrogens with two attached hydrogens (primary N) is 1. The van der Waals surface area contributed by atoms with Gasteiger partial charge in [-0.25, -0.2) is 4.79 Å². The zero-order valence-electron chi connectivity index (χ0n) is 11.5. The van der Waals surface area contributed by atoms with E-state index < -0.39 is 17.9 Å². The lowest BCUT2D eigenvalue weighted by atomic mass is 9.88. The summed E-state index contributed by atoms with van der Waals surface area (Å²) in [5, 5.41) is 11.5. The van der Waals surface area contributed by atoms with Gasteiger partial charge in [-0.15, -0.1) is 0 Å². The first kappa shape index (κ1) is 14.6. The third-order valence-corrected chi connectivity index (χ3v) is 4.30. The Morgan fingerprint density at radius 3 is 2.30 bits per heavy atom. The fourth-order valence-electron chi connectivity index (χ4n) is 3.37. The molecule has 7 heteroatoms. The highest BCUT2D eigenvalue weighted by Gasteiger charge is 2.43. The molecule has 2 rings (SSSR count). The second-order valence-corrected chi connectivity index (χ2v) is 5.80. The van der Waals surface area contributed by atoms with Crippen molar-refractivity contribution in [3.05, 3.63) is 0 Å². The number of aliphatic carboxylic acids is 1. The SMILES string of the molecule is CC(NC(=O)N1C2CCC1CC(CC(=O)O)C2)C(N)=O. The van der Waals surface area contributed by atoms with E-state index >= 15 is 0 Å². The number of carboxylic acid groups (broad SMARTS) is 1. The van der Waals surface area contributed by atoms with Gasteiger partial charge < -0.3 is 21.1 Å². The molecule has 0 aromatic carbocycles. The molecule has 0 aromatic rings. The molecule has 0 spiro atoms. The van der Waals surface area contributed by atoms with E-state index in [0.717, 1.165) is 25.7 Å². The van der Waals surface area contributed by atoms with E-state index in [1.165, 1.54) is 0 Å². The maximum Gasteiger partial charge on any atom is 0.318 e. The predicted molar refractivity (Wildman–Crippen MR) is 70.8 cm³/mol. The van der Waals surface area contributed by atoms with Crippen LogP contribution < -0.4 is 11.1 Å². The number of primary amides is 1. The number of hydrogen-bond acceptors (Lipinski definition) is 3. The fourth-order valence-corrected chi connectivity index (χ4v) is 3.37. The number of nitrogens with one attached hydrogen (secondary N) is 1. The van der Waals surface area contributed by atoms with Crippen molar-refractivity contribution >= 4 is 17.9 Å². The summed E-state index contributed by atoms with van der Waals surface area (Å²) in [5.74, 6) is -1.20. The third-order valence-electron chi connectivity index (χ3n) is 4.30. The molecule has 0 aliphatic carbocycles. The van der Waals surface area contributed by atoms with Crippen LogP contribution in [0.1, 0.15) is 39.0 Å². The summed E-state index contributed by atoms with van der Waals surface area (Å²) in [4.78, 5) is 35.8. The van der Waals surface area contributed by atoms with E-state index in [1.54, 1.807) is 11.8 Å². The molecule has 3 amide bonds. The first-order valence-electron chi connectivity index (χ1n) is 6.98. The molecule has 2 heterocycles. The van der Waals surface area contributed by atoms with E-state index in [9.17, 15) is 14.4 Å². The van der Waals surface area contributed by atoms with Gasteiger partial charge in [0.15, 0.2) is 0 Å². The van der Waals surface area contributed by atoms with Crippen LogP contribution in [-0.2, 0) is 9.59 Å². The van der Waals surface area contributed by atoms with Crippen LogP contribution in [0.15, 0.2) is 0 Å². The van der Waals surface area contributed by atoms with Gasteiger partial charge >= 0.3 is 12.0 Å². The molecule has 2 aliphatic heterocycles. The van der Waals surface area contributed by atoms with Gasteiger partial charge in [0.05, 0.1) is 0 Å². The average Bonchev–Trinajstić information content (AvgIpc) is 2.60. The van der Waals surface area contributed by atoms with Crippen molar-refractivity contribution in [1.82, 2.24) is 10.2 Å². The Hall–Kier alpha value is -1.79. The van der Waals surface area contributed by atoms with E-state index in [1.807, 2.05) is 0 Å². The number of carbonyl (C=O) groups excluding carboxylic acids is 2. The second kappa shape index (κ2) is 5.68. The minimum absolute atomic E-state index is 0.0816. The van der Waals surface area contributed by atoms with E-state index in [2.05, 4.69) is 5.32 Å². The van der Waals surface area contributed by atoms with Crippen LogP contribution in [0.25, 0.3) is 0 Å². The minimum atomic E-state index is -0.783. The highest BCUT2D eigenvalue weighted by molar-refractivity contribution is 5.85. The number of piperidine rings is 1. The smallest absolute Gasteiger partial charge is 0.318 e. The summed E-state index contributed by atoms with van der Waals surface area (Å²) in [7, 11) is 0. The summed E-state index contributed by atoms with van der Waals surface area (Å²) < 4.78 is 0. The molecule has 2 aliphatic rings. The van der Waals surface area contributed by atoms with Crippen molar-refractivity contribution in [1.29, 1.82) is 0 Å².